The molecule has 1 heterocycles. The molecule has 0 atom stereocenters. The molecule has 1 aliphatic rings. The SMILES string of the molecule is CCCNc1nc(Nc2ccc(C#N)cc2)ncc1C#CC1CC(N)C1. The Morgan fingerprint density at radius 2 is 2.04 bits per heavy atom. The van der Waals surface area contributed by atoms with E-state index in [-0.39, 0.29) is 0 Å². The Kier molecular flexibility index (Phi) is 5.68. The van der Waals surface area contributed by atoms with E-state index < -0.39 is 0 Å². The van der Waals surface area contributed by atoms with Gasteiger partial charge in [-0.3, -0.25) is 0 Å². The van der Waals surface area contributed by atoms with Crippen molar-refractivity contribution in [1.82, 2.24) is 9.97 Å². The summed E-state index contributed by atoms with van der Waals surface area (Å²) < 4.78 is 0. The minimum Gasteiger partial charge on any atom is -0.369 e. The number of aromatic nitrogens is 2. The zero-order valence-electron chi connectivity index (χ0n) is 14.8. The largest absolute Gasteiger partial charge is 0.369 e. The van der Waals surface area contributed by atoms with Gasteiger partial charge in [0.05, 0.1) is 23.4 Å². The van der Waals surface area contributed by atoms with Crippen LogP contribution in [0.1, 0.15) is 37.3 Å². The fourth-order valence-corrected chi connectivity index (χ4v) is 2.63. The van der Waals surface area contributed by atoms with E-state index >= 15 is 0 Å². The fourth-order valence-electron chi connectivity index (χ4n) is 2.63. The Morgan fingerprint density at radius 3 is 2.69 bits per heavy atom. The summed E-state index contributed by atoms with van der Waals surface area (Å²) in [5.74, 6) is 8.05. The van der Waals surface area contributed by atoms with E-state index in [1.54, 1.807) is 18.3 Å². The van der Waals surface area contributed by atoms with E-state index in [1.807, 2.05) is 12.1 Å². The number of nitrogens with two attached hydrogens (primary N) is 1. The molecule has 1 saturated carbocycles. The molecule has 0 aliphatic heterocycles. The number of anilines is 3. The van der Waals surface area contributed by atoms with Crippen molar-refractivity contribution in [3.05, 3.63) is 41.6 Å². The Morgan fingerprint density at radius 1 is 1.27 bits per heavy atom. The average Bonchev–Trinajstić information content (AvgIpc) is 2.64. The van der Waals surface area contributed by atoms with Gasteiger partial charge in [-0.05, 0) is 43.5 Å². The molecule has 132 valence electrons. The summed E-state index contributed by atoms with van der Waals surface area (Å²) in [6.45, 7) is 2.92. The fraction of sp³-hybridized carbons (Fsp3) is 0.350. The Bertz CT molecular complexity index is 851. The van der Waals surface area contributed by atoms with E-state index in [2.05, 4.69) is 45.4 Å². The first-order valence-electron chi connectivity index (χ1n) is 8.83. The minimum atomic E-state index is 0.294. The summed E-state index contributed by atoms with van der Waals surface area (Å²) in [5, 5.41) is 15.3. The number of hydrogen-bond acceptors (Lipinski definition) is 6. The van der Waals surface area contributed by atoms with Crippen LogP contribution in [0.25, 0.3) is 0 Å². The molecule has 4 N–H and O–H groups in total. The normalized spacial score (nSPS) is 18.0. The molecule has 1 aromatic carbocycles. The lowest BCUT2D eigenvalue weighted by molar-refractivity contribution is 0.335. The number of nitriles is 1. The van der Waals surface area contributed by atoms with Gasteiger partial charge in [0.15, 0.2) is 0 Å². The molecule has 6 heteroatoms. The van der Waals surface area contributed by atoms with Gasteiger partial charge in [-0.15, -0.1) is 0 Å². The second-order valence-corrected chi connectivity index (χ2v) is 6.39. The molecular formula is C20H22N6. The number of nitrogens with zero attached hydrogens (tertiary/aromatic N) is 3. The van der Waals surface area contributed by atoms with Crippen molar-refractivity contribution in [2.45, 2.75) is 32.2 Å². The predicted molar refractivity (Wildman–Crippen MR) is 103 cm³/mol. The quantitative estimate of drug-likeness (QED) is 0.720. The molecule has 1 fully saturated rings. The van der Waals surface area contributed by atoms with Crippen molar-refractivity contribution < 1.29 is 0 Å². The van der Waals surface area contributed by atoms with Crippen molar-refractivity contribution >= 4 is 17.5 Å². The van der Waals surface area contributed by atoms with Gasteiger partial charge in [-0.25, -0.2) is 4.98 Å². The van der Waals surface area contributed by atoms with Crippen LogP contribution in [-0.4, -0.2) is 22.6 Å². The molecule has 1 aliphatic carbocycles. The van der Waals surface area contributed by atoms with Crippen molar-refractivity contribution in [2.75, 3.05) is 17.2 Å². The highest BCUT2D eigenvalue weighted by Gasteiger charge is 2.23. The lowest BCUT2D eigenvalue weighted by Gasteiger charge is -2.27. The summed E-state index contributed by atoms with van der Waals surface area (Å²) >= 11 is 0. The molecule has 6 nitrogen and oxygen atoms in total. The topological polar surface area (TPSA) is 99.6 Å². The zero-order chi connectivity index (χ0) is 18.4. The molecular weight excluding hydrogens is 324 g/mol. The lowest BCUT2D eigenvalue weighted by Crippen LogP contribution is -2.35. The van der Waals surface area contributed by atoms with Crippen LogP contribution >= 0.6 is 0 Å². The third kappa shape index (κ3) is 4.50. The van der Waals surface area contributed by atoms with Crippen LogP contribution < -0.4 is 16.4 Å². The van der Waals surface area contributed by atoms with Crippen LogP contribution in [-0.2, 0) is 0 Å². The van der Waals surface area contributed by atoms with E-state index in [4.69, 9.17) is 11.0 Å². The van der Waals surface area contributed by atoms with Crippen molar-refractivity contribution in [1.29, 1.82) is 5.26 Å². The molecule has 0 radical (unpaired) electrons. The molecule has 0 spiro atoms. The smallest absolute Gasteiger partial charge is 0.229 e. The van der Waals surface area contributed by atoms with Crippen LogP contribution in [0.3, 0.4) is 0 Å². The molecule has 1 aromatic heterocycles. The van der Waals surface area contributed by atoms with Gasteiger partial charge in [0, 0.05) is 24.2 Å². The van der Waals surface area contributed by atoms with Crippen LogP contribution in [0.2, 0.25) is 0 Å². The van der Waals surface area contributed by atoms with Crippen molar-refractivity contribution in [3.63, 3.8) is 0 Å². The minimum absolute atomic E-state index is 0.294. The number of hydrogen-bond donors (Lipinski definition) is 3. The van der Waals surface area contributed by atoms with E-state index in [0.29, 0.717) is 23.5 Å². The maximum atomic E-state index is 8.87. The third-order valence-electron chi connectivity index (χ3n) is 4.19. The summed E-state index contributed by atoms with van der Waals surface area (Å²) in [6, 6.07) is 9.55. The number of nitrogens with one attached hydrogen (secondary N) is 2. The van der Waals surface area contributed by atoms with Gasteiger partial charge >= 0.3 is 0 Å². The summed E-state index contributed by atoms with van der Waals surface area (Å²) in [6.07, 6.45) is 4.66. The molecule has 0 amide bonds. The molecule has 3 rings (SSSR count). The molecule has 0 unspecified atom stereocenters. The highest BCUT2D eigenvalue weighted by atomic mass is 15.1. The van der Waals surface area contributed by atoms with Crippen molar-refractivity contribution in [3.8, 4) is 17.9 Å². The van der Waals surface area contributed by atoms with Gasteiger partial charge in [0.1, 0.15) is 5.82 Å². The first-order chi connectivity index (χ1) is 12.7. The summed E-state index contributed by atoms with van der Waals surface area (Å²) in [5.41, 5.74) is 8.05. The summed E-state index contributed by atoms with van der Waals surface area (Å²) in [7, 11) is 0. The van der Waals surface area contributed by atoms with Gasteiger partial charge in [-0.2, -0.15) is 10.2 Å². The van der Waals surface area contributed by atoms with Gasteiger partial charge < -0.3 is 16.4 Å². The van der Waals surface area contributed by atoms with Gasteiger partial charge in [0.2, 0.25) is 5.95 Å². The second kappa shape index (κ2) is 8.33. The lowest BCUT2D eigenvalue weighted by atomic mass is 9.81. The number of rotatable bonds is 5. The van der Waals surface area contributed by atoms with Crippen LogP contribution in [0.4, 0.5) is 17.5 Å². The Hall–Kier alpha value is -3.09. The van der Waals surface area contributed by atoms with E-state index in [1.165, 1.54) is 0 Å². The van der Waals surface area contributed by atoms with Gasteiger partial charge in [0.25, 0.3) is 0 Å². The highest BCUT2D eigenvalue weighted by Crippen LogP contribution is 2.25. The van der Waals surface area contributed by atoms with Crippen LogP contribution in [0.5, 0.6) is 0 Å². The van der Waals surface area contributed by atoms with Crippen molar-refractivity contribution in [2.24, 2.45) is 11.7 Å². The summed E-state index contributed by atoms with van der Waals surface area (Å²) in [4.78, 5) is 8.93. The monoisotopic (exact) mass is 346 g/mol. The van der Waals surface area contributed by atoms with Gasteiger partial charge in [-0.1, -0.05) is 18.8 Å². The first-order valence-corrected chi connectivity index (χ1v) is 8.83. The van der Waals surface area contributed by atoms with Crippen LogP contribution in [0.15, 0.2) is 30.5 Å². The molecule has 0 saturated heterocycles. The highest BCUT2D eigenvalue weighted by molar-refractivity contribution is 5.60. The molecule has 0 bridgehead atoms. The third-order valence-corrected chi connectivity index (χ3v) is 4.19. The number of benzene rings is 1. The maximum absolute atomic E-state index is 8.87. The Labute approximate surface area is 153 Å². The maximum Gasteiger partial charge on any atom is 0.229 e. The average molecular weight is 346 g/mol. The standard InChI is InChI=1S/C20H22N6/c1-2-9-23-19-16(6-3-15-10-17(22)11-15)13-24-20(26-19)25-18-7-4-14(12-21)5-8-18/h4-5,7-8,13,15,17H,2,9-11,22H2,1H3,(H2,23,24,25,26). The zero-order valence-corrected chi connectivity index (χ0v) is 14.8. The Balaban J connectivity index is 1.77. The predicted octanol–water partition coefficient (Wildman–Crippen LogP) is 3.00. The van der Waals surface area contributed by atoms with E-state index in [9.17, 15) is 0 Å². The molecule has 2 aromatic rings. The second-order valence-electron chi connectivity index (χ2n) is 6.39. The van der Waals surface area contributed by atoms with E-state index in [0.717, 1.165) is 42.9 Å². The first kappa shape index (κ1) is 17.7. The van der Waals surface area contributed by atoms with Crippen LogP contribution in [0, 0.1) is 29.1 Å². The molecule has 26 heavy (non-hydrogen) atoms.